The van der Waals surface area contributed by atoms with E-state index in [9.17, 15) is 4.79 Å². The minimum absolute atomic E-state index is 0. The quantitative estimate of drug-likeness (QED) is 0.804. The largest absolute Gasteiger partial charge is 0.353 e. The van der Waals surface area contributed by atoms with Gasteiger partial charge in [0.2, 0.25) is 5.91 Å². The minimum atomic E-state index is -0.0793. The summed E-state index contributed by atoms with van der Waals surface area (Å²) in [6.07, 6.45) is 4.71. The fourth-order valence-electron chi connectivity index (χ4n) is 1.98. The van der Waals surface area contributed by atoms with Crippen LogP contribution in [0.15, 0.2) is 0 Å². The monoisotopic (exact) mass is 248 g/mol. The molecule has 2 unspecified atom stereocenters. The van der Waals surface area contributed by atoms with E-state index in [1.165, 1.54) is 12.8 Å². The van der Waals surface area contributed by atoms with Gasteiger partial charge in [0.25, 0.3) is 0 Å². The summed E-state index contributed by atoms with van der Waals surface area (Å²) in [7, 11) is 0. The van der Waals surface area contributed by atoms with Crippen LogP contribution in [0.4, 0.5) is 0 Å². The van der Waals surface area contributed by atoms with Gasteiger partial charge < -0.3 is 11.1 Å². The summed E-state index contributed by atoms with van der Waals surface area (Å²) in [4.78, 5) is 11.7. The lowest BCUT2D eigenvalue weighted by Gasteiger charge is -2.28. The van der Waals surface area contributed by atoms with Gasteiger partial charge in [-0.05, 0) is 38.5 Å². The summed E-state index contributed by atoms with van der Waals surface area (Å²) >= 11 is 0. The third-order valence-corrected chi connectivity index (χ3v) is 3.56. The first kappa shape index (κ1) is 15.7. The molecule has 16 heavy (non-hydrogen) atoms. The highest BCUT2D eigenvalue weighted by Gasteiger charge is 2.23. The van der Waals surface area contributed by atoms with Crippen LogP contribution < -0.4 is 11.1 Å². The highest BCUT2D eigenvalue weighted by molar-refractivity contribution is 5.85. The second-order valence-corrected chi connectivity index (χ2v) is 5.11. The van der Waals surface area contributed by atoms with Crippen LogP contribution in [0.5, 0.6) is 0 Å². The van der Waals surface area contributed by atoms with E-state index in [2.05, 4.69) is 12.2 Å². The average Bonchev–Trinajstić information content (AvgIpc) is 2.20. The van der Waals surface area contributed by atoms with Gasteiger partial charge in [0, 0.05) is 18.0 Å². The first-order chi connectivity index (χ1) is 7.00. The maximum absolute atomic E-state index is 11.7. The molecule has 3 N–H and O–H groups in total. The molecular formula is C12H25ClN2O. The van der Waals surface area contributed by atoms with Crippen LogP contribution in [0.25, 0.3) is 0 Å². The summed E-state index contributed by atoms with van der Waals surface area (Å²) < 4.78 is 0. The lowest BCUT2D eigenvalue weighted by atomic mass is 9.87. The summed E-state index contributed by atoms with van der Waals surface area (Å²) in [6.45, 7) is 6.06. The highest BCUT2D eigenvalue weighted by Crippen LogP contribution is 2.23. The number of nitrogens with two attached hydrogens (primary N) is 1. The van der Waals surface area contributed by atoms with E-state index in [4.69, 9.17) is 5.73 Å². The Kier molecular flexibility index (Phi) is 7.00. The Hall–Kier alpha value is -0.280. The lowest BCUT2D eigenvalue weighted by Crippen LogP contribution is -2.44. The number of nitrogens with one attached hydrogen (secondary N) is 1. The minimum Gasteiger partial charge on any atom is -0.353 e. The molecule has 2 atom stereocenters. The summed E-state index contributed by atoms with van der Waals surface area (Å²) in [5.41, 5.74) is 5.70. The Morgan fingerprint density at radius 3 is 2.19 bits per heavy atom. The first-order valence-corrected chi connectivity index (χ1v) is 6.06. The molecule has 1 aliphatic rings. The topological polar surface area (TPSA) is 55.1 Å². The van der Waals surface area contributed by atoms with Crippen molar-refractivity contribution in [3.8, 4) is 0 Å². The Balaban J connectivity index is 0.00000225. The Bertz CT molecular complexity index is 213. The lowest BCUT2D eigenvalue weighted by molar-refractivity contribution is -0.125. The highest BCUT2D eigenvalue weighted by atomic mass is 35.5. The Morgan fingerprint density at radius 2 is 1.75 bits per heavy atom. The molecule has 0 saturated heterocycles. The average molecular weight is 249 g/mol. The van der Waals surface area contributed by atoms with E-state index in [1.54, 1.807) is 0 Å². The van der Waals surface area contributed by atoms with Crippen molar-refractivity contribution < 1.29 is 4.79 Å². The molecule has 1 rings (SSSR count). The van der Waals surface area contributed by atoms with Gasteiger partial charge >= 0.3 is 0 Å². The van der Waals surface area contributed by atoms with Gasteiger partial charge in [-0.2, -0.15) is 0 Å². The SMILES string of the molecule is CC1CCC(NC(=O)C(C)C(C)N)CC1.Cl. The number of halogens is 1. The van der Waals surface area contributed by atoms with E-state index in [0.717, 1.165) is 18.8 Å². The normalized spacial score (nSPS) is 28.8. The summed E-state index contributed by atoms with van der Waals surface area (Å²) in [5.74, 6) is 0.859. The number of hydrogen-bond acceptors (Lipinski definition) is 2. The smallest absolute Gasteiger partial charge is 0.224 e. The van der Waals surface area contributed by atoms with Crippen molar-refractivity contribution in [1.82, 2.24) is 5.32 Å². The zero-order valence-corrected chi connectivity index (χ0v) is 11.3. The Morgan fingerprint density at radius 1 is 1.25 bits per heavy atom. The van der Waals surface area contributed by atoms with Gasteiger partial charge in [-0.3, -0.25) is 4.79 Å². The molecule has 0 aromatic rings. The molecule has 0 aromatic carbocycles. The second-order valence-electron chi connectivity index (χ2n) is 5.11. The third-order valence-electron chi connectivity index (χ3n) is 3.56. The van der Waals surface area contributed by atoms with E-state index in [0.29, 0.717) is 6.04 Å². The van der Waals surface area contributed by atoms with Gasteiger partial charge in [-0.15, -0.1) is 12.4 Å². The van der Waals surface area contributed by atoms with Gasteiger partial charge in [-0.1, -0.05) is 13.8 Å². The van der Waals surface area contributed by atoms with Crippen LogP contribution in [0.3, 0.4) is 0 Å². The molecule has 1 amide bonds. The van der Waals surface area contributed by atoms with Crippen molar-refractivity contribution in [2.45, 2.75) is 58.5 Å². The van der Waals surface area contributed by atoms with Crippen molar-refractivity contribution in [3.63, 3.8) is 0 Å². The van der Waals surface area contributed by atoms with Crippen molar-refractivity contribution in [1.29, 1.82) is 0 Å². The molecule has 0 aromatic heterocycles. The van der Waals surface area contributed by atoms with Gasteiger partial charge in [-0.25, -0.2) is 0 Å². The van der Waals surface area contributed by atoms with Crippen molar-refractivity contribution in [3.05, 3.63) is 0 Å². The molecule has 3 nitrogen and oxygen atoms in total. The molecule has 1 aliphatic carbocycles. The number of rotatable bonds is 3. The van der Waals surface area contributed by atoms with Gasteiger partial charge in [0.05, 0.1) is 0 Å². The molecule has 0 aliphatic heterocycles. The molecule has 0 spiro atoms. The van der Waals surface area contributed by atoms with E-state index >= 15 is 0 Å². The number of carbonyl (C=O) groups excluding carboxylic acids is 1. The predicted molar refractivity (Wildman–Crippen MR) is 69.6 cm³/mol. The standard InChI is InChI=1S/C12H24N2O.ClH/c1-8-4-6-11(7-5-8)14-12(15)9(2)10(3)13;/h8-11H,4-7,13H2,1-3H3,(H,14,15);1H. The van der Waals surface area contributed by atoms with Crippen LogP contribution in [0, 0.1) is 11.8 Å². The molecule has 0 bridgehead atoms. The van der Waals surface area contributed by atoms with E-state index in [1.807, 2.05) is 13.8 Å². The summed E-state index contributed by atoms with van der Waals surface area (Å²) in [6, 6.07) is 0.322. The van der Waals surface area contributed by atoms with Gasteiger partial charge in [0.15, 0.2) is 0 Å². The first-order valence-electron chi connectivity index (χ1n) is 6.06. The van der Waals surface area contributed by atoms with Crippen LogP contribution in [-0.4, -0.2) is 18.0 Å². The maximum Gasteiger partial charge on any atom is 0.224 e. The van der Waals surface area contributed by atoms with E-state index < -0.39 is 0 Å². The zero-order chi connectivity index (χ0) is 11.4. The predicted octanol–water partition coefficient (Wildman–Crippen LogP) is 2.09. The molecule has 1 saturated carbocycles. The second kappa shape index (κ2) is 7.13. The molecule has 0 radical (unpaired) electrons. The fourth-order valence-corrected chi connectivity index (χ4v) is 1.98. The van der Waals surface area contributed by atoms with Crippen LogP contribution in [0.1, 0.15) is 46.5 Å². The van der Waals surface area contributed by atoms with Crippen LogP contribution in [-0.2, 0) is 4.79 Å². The number of amides is 1. The summed E-state index contributed by atoms with van der Waals surface area (Å²) in [5, 5.41) is 3.10. The molecule has 96 valence electrons. The van der Waals surface area contributed by atoms with Crippen LogP contribution >= 0.6 is 12.4 Å². The zero-order valence-electron chi connectivity index (χ0n) is 10.5. The van der Waals surface area contributed by atoms with Crippen molar-refractivity contribution in [2.75, 3.05) is 0 Å². The third kappa shape index (κ3) is 4.71. The Labute approximate surface area is 105 Å². The fraction of sp³-hybridized carbons (Fsp3) is 0.917. The number of carbonyl (C=O) groups is 1. The molecule has 1 fully saturated rings. The van der Waals surface area contributed by atoms with Crippen molar-refractivity contribution in [2.24, 2.45) is 17.6 Å². The molecule has 4 heteroatoms. The van der Waals surface area contributed by atoms with E-state index in [-0.39, 0.29) is 30.3 Å². The van der Waals surface area contributed by atoms with Gasteiger partial charge in [0.1, 0.15) is 0 Å². The maximum atomic E-state index is 11.7. The number of hydrogen-bond donors (Lipinski definition) is 2. The van der Waals surface area contributed by atoms with Crippen LogP contribution in [0.2, 0.25) is 0 Å². The van der Waals surface area contributed by atoms with Crippen molar-refractivity contribution >= 4 is 18.3 Å². The molecular weight excluding hydrogens is 224 g/mol. The molecule has 0 heterocycles.